The zero-order valence-electron chi connectivity index (χ0n) is 11.5. The van der Waals surface area contributed by atoms with Crippen molar-refractivity contribution >= 4 is 17.5 Å². The summed E-state index contributed by atoms with van der Waals surface area (Å²) < 4.78 is 0. The Bertz CT molecular complexity index is 648. The van der Waals surface area contributed by atoms with Crippen molar-refractivity contribution in [1.82, 2.24) is 20.1 Å². The van der Waals surface area contributed by atoms with Gasteiger partial charge in [0, 0.05) is 14.1 Å². The van der Waals surface area contributed by atoms with Gasteiger partial charge in [0.05, 0.1) is 11.3 Å². The van der Waals surface area contributed by atoms with Crippen molar-refractivity contribution in [2.24, 2.45) is 0 Å². The Morgan fingerprint density at radius 1 is 1.25 bits per heavy atom. The van der Waals surface area contributed by atoms with Gasteiger partial charge in [-0.05, 0) is 19.1 Å². The SMILES string of the molecule is Cc1nc(C(=O)Nc2ccccc2C(=O)N(C)C)n[nH]1. The Kier molecular flexibility index (Phi) is 3.79. The third kappa shape index (κ3) is 2.82. The maximum absolute atomic E-state index is 12.0. The number of carbonyl (C=O) groups excluding carboxylic acids is 2. The summed E-state index contributed by atoms with van der Waals surface area (Å²) >= 11 is 0. The number of aryl methyl sites for hydroxylation is 1. The van der Waals surface area contributed by atoms with E-state index in [1.807, 2.05) is 0 Å². The van der Waals surface area contributed by atoms with Gasteiger partial charge in [-0.25, -0.2) is 4.98 Å². The highest BCUT2D eigenvalue weighted by Crippen LogP contribution is 2.17. The molecule has 0 saturated carbocycles. The topological polar surface area (TPSA) is 91.0 Å². The standard InChI is InChI=1S/C13H15N5O2/c1-8-14-11(17-16-8)12(19)15-10-7-5-4-6-9(10)13(20)18(2)3/h4-7H,1-3H3,(H,15,19)(H,14,16,17). The van der Waals surface area contributed by atoms with Crippen LogP contribution in [0.3, 0.4) is 0 Å². The van der Waals surface area contributed by atoms with E-state index in [4.69, 9.17) is 0 Å². The van der Waals surface area contributed by atoms with E-state index in [-0.39, 0.29) is 11.7 Å². The first-order valence-corrected chi connectivity index (χ1v) is 6.00. The van der Waals surface area contributed by atoms with Crippen LogP contribution in [0, 0.1) is 6.92 Å². The molecule has 0 atom stereocenters. The minimum atomic E-state index is -0.464. The van der Waals surface area contributed by atoms with Crippen molar-refractivity contribution in [3.05, 3.63) is 41.5 Å². The number of anilines is 1. The van der Waals surface area contributed by atoms with Crippen molar-refractivity contribution in [2.45, 2.75) is 6.92 Å². The van der Waals surface area contributed by atoms with Gasteiger partial charge in [0.25, 0.3) is 11.8 Å². The largest absolute Gasteiger partial charge is 0.345 e. The molecule has 0 fully saturated rings. The van der Waals surface area contributed by atoms with Crippen molar-refractivity contribution < 1.29 is 9.59 Å². The molecule has 0 saturated heterocycles. The van der Waals surface area contributed by atoms with Gasteiger partial charge in [0.15, 0.2) is 0 Å². The van der Waals surface area contributed by atoms with Gasteiger partial charge >= 0.3 is 0 Å². The Morgan fingerprint density at radius 2 is 1.95 bits per heavy atom. The summed E-state index contributed by atoms with van der Waals surface area (Å²) in [7, 11) is 3.30. The first-order valence-electron chi connectivity index (χ1n) is 6.00. The van der Waals surface area contributed by atoms with E-state index in [1.165, 1.54) is 4.90 Å². The molecule has 104 valence electrons. The number of carbonyl (C=O) groups is 2. The summed E-state index contributed by atoms with van der Waals surface area (Å²) in [6.07, 6.45) is 0. The van der Waals surface area contributed by atoms with E-state index < -0.39 is 5.91 Å². The smallest absolute Gasteiger partial charge is 0.295 e. The molecule has 2 aromatic rings. The molecule has 0 radical (unpaired) electrons. The first-order chi connectivity index (χ1) is 9.49. The van der Waals surface area contributed by atoms with Crippen LogP contribution in [-0.2, 0) is 0 Å². The summed E-state index contributed by atoms with van der Waals surface area (Å²) in [5.41, 5.74) is 0.844. The number of nitrogens with one attached hydrogen (secondary N) is 2. The third-order valence-corrected chi connectivity index (χ3v) is 2.61. The lowest BCUT2D eigenvalue weighted by Gasteiger charge is -2.14. The number of nitrogens with zero attached hydrogens (tertiary/aromatic N) is 3. The van der Waals surface area contributed by atoms with Crippen LogP contribution in [0.5, 0.6) is 0 Å². The molecule has 2 amide bonds. The molecule has 7 nitrogen and oxygen atoms in total. The second-order valence-corrected chi connectivity index (χ2v) is 4.44. The van der Waals surface area contributed by atoms with Crippen LogP contribution in [-0.4, -0.2) is 46.0 Å². The molecule has 0 aliphatic heterocycles. The van der Waals surface area contributed by atoms with Crippen molar-refractivity contribution in [3.8, 4) is 0 Å². The second kappa shape index (κ2) is 5.52. The van der Waals surface area contributed by atoms with Crippen molar-refractivity contribution in [2.75, 3.05) is 19.4 Å². The molecular formula is C13H15N5O2. The molecule has 1 heterocycles. The van der Waals surface area contributed by atoms with E-state index in [0.717, 1.165) is 0 Å². The molecule has 0 spiro atoms. The summed E-state index contributed by atoms with van der Waals surface area (Å²) in [5.74, 6) is -0.0668. The fraction of sp³-hybridized carbons (Fsp3) is 0.231. The van der Waals surface area contributed by atoms with Crippen LogP contribution in [0.25, 0.3) is 0 Å². The summed E-state index contributed by atoms with van der Waals surface area (Å²) in [5, 5.41) is 9.02. The van der Waals surface area contributed by atoms with Crippen molar-refractivity contribution in [3.63, 3.8) is 0 Å². The third-order valence-electron chi connectivity index (χ3n) is 2.61. The molecule has 0 unspecified atom stereocenters. The van der Waals surface area contributed by atoms with Crippen LogP contribution >= 0.6 is 0 Å². The fourth-order valence-electron chi connectivity index (χ4n) is 1.64. The molecule has 20 heavy (non-hydrogen) atoms. The van der Waals surface area contributed by atoms with Gasteiger partial charge in [-0.3, -0.25) is 14.7 Å². The highest BCUT2D eigenvalue weighted by atomic mass is 16.2. The lowest BCUT2D eigenvalue weighted by atomic mass is 10.1. The highest BCUT2D eigenvalue weighted by Gasteiger charge is 2.17. The van der Waals surface area contributed by atoms with E-state index in [1.54, 1.807) is 45.3 Å². The number of aromatic amines is 1. The summed E-state index contributed by atoms with van der Waals surface area (Å²) in [4.78, 5) is 29.4. The first kappa shape index (κ1) is 13.7. The number of hydrogen-bond donors (Lipinski definition) is 2. The number of hydrogen-bond acceptors (Lipinski definition) is 4. The van der Waals surface area contributed by atoms with Gasteiger partial charge in [0.2, 0.25) is 5.82 Å². The molecule has 0 aliphatic carbocycles. The quantitative estimate of drug-likeness (QED) is 0.875. The summed E-state index contributed by atoms with van der Waals surface area (Å²) in [6, 6.07) is 6.80. The van der Waals surface area contributed by atoms with Crippen LogP contribution in [0.2, 0.25) is 0 Å². The van der Waals surface area contributed by atoms with Gasteiger partial charge in [-0.15, -0.1) is 5.10 Å². The average Bonchev–Trinajstić information content (AvgIpc) is 2.85. The Labute approximate surface area is 116 Å². The van der Waals surface area contributed by atoms with Gasteiger partial charge in [0.1, 0.15) is 5.82 Å². The molecule has 1 aromatic carbocycles. The lowest BCUT2D eigenvalue weighted by Crippen LogP contribution is -2.24. The summed E-state index contributed by atoms with van der Waals surface area (Å²) in [6.45, 7) is 1.70. The van der Waals surface area contributed by atoms with Crippen LogP contribution < -0.4 is 5.32 Å². The maximum atomic E-state index is 12.0. The van der Waals surface area contributed by atoms with Crippen LogP contribution in [0.4, 0.5) is 5.69 Å². The minimum Gasteiger partial charge on any atom is -0.345 e. The predicted molar refractivity (Wildman–Crippen MR) is 73.5 cm³/mol. The number of H-pyrrole nitrogens is 1. The van der Waals surface area contributed by atoms with E-state index in [9.17, 15) is 9.59 Å². The molecule has 2 rings (SSSR count). The van der Waals surface area contributed by atoms with Crippen molar-refractivity contribution in [1.29, 1.82) is 0 Å². The number of rotatable bonds is 3. The Hall–Kier alpha value is -2.70. The zero-order chi connectivity index (χ0) is 14.7. The second-order valence-electron chi connectivity index (χ2n) is 4.44. The van der Waals surface area contributed by atoms with Gasteiger partial charge in [-0.2, -0.15) is 0 Å². The van der Waals surface area contributed by atoms with Crippen LogP contribution in [0.1, 0.15) is 26.8 Å². The molecule has 7 heteroatoms. The lowest BCUT2D eigenvalue weighted by molar-refractivity contribution is 0.0828. The number of para-hydroxylation sites is 1. The van der Waals surface area contributed by atoms with E-state index in [0.29, 0.717) is 17.1 Å². The Morgan fingerprint density at radius 3 is 2.55 bits per heavy atom. The molecule has 0 bridgehead atoms. The number of amides is 2. The molecule has 2 N–H and O–H groups in total. The molecule has 0 aliphatic rings. The minimum absolute atomic E-state index is 0.0367. The predicted octanol–water partition coefficient (Wildman–Crippen LogP) is 1.07. The number of aromatic nitrogens is 3. The molecule has 1 aromatic heterocycles. The van der Waals surface area contributed by atoms with Crippen LogP contribution in [0.15, 0.2) is 24.3 Å². The monoisotopic (exact) mass is 273 g/mol. The normalized spacial score (nSPS) is 10.2. The average molecular weight is 273 g/mol. The zero-order valence-corrected chi connectivity index (χ0v) is 11.5. The Balaban J connectivity index is 2.26. The fourth-order valence-corrected chi connectivity index (χ4v) is 1.64. The number of benzene rings is 1. The maximum Gasteiger partial charge on any atom is 0.295 e. The van der Waals surface area contributed by atoms with Gasteiger partial charge in [-0.1, -0.05) is 12.1 Å². The molecular weight excluding hydrogens is 258 g/mol. The van der Waals surface area contributed by atoms with E-state index >= 15 is 0 Å². The van der Waals surface area contributed by atoms with E-state index in [2.05, 4.69) is 20.5 Å². The highest BCUT2D eigenvalue weighted by molar-refractivity contribution is 6.07. The van der Waals surface area contributed by atoms with Gasteiger partial charge < -0.3 is 10.2 Å².